The lowest BCUT2D eigenvalue weighted by atomic mass is 10.0. The summed E-state index contributed by atoms with van der Waals surface area (Å²) in [7, 11) is 0. The van der Waals surface area contributed by atoms with Crippen LogP contribution in [0.3, 0.4) is 0 Å². The van der Waals surface area contributed by atoms with Crippen LogP contribution >= 0.6 is 39.9 Å². The number of nitro benzene ring substituents is 1. The normalized spacial score (nSPS) is 16.6. The zero-order valence-electron chi connectivity index (χ0n) is 20.9. The molecule has 0 spiro atoms. The fourth-order valence-corrected chi connectivity index (χ4v) is 6.43. The minimum absolute atomic E-state index is 0.0795. The maximum Gasteiger partial charge on any atom is 0.269 e. The Balaban J connectivity index is 1.36. The van der Waals surface area contributed by atoms with Crippen molar-refractivity contribution < 1.29 is 4.92 Å². The number of rotatable bonds is 7. The topological polar surface area (TPSA) is 76.2 Å². The maximum absolute atomic E-state index is 11.0. The van der Waals surface area contributed by atoms with Gasteiger partial charge in [-0.05, 0) is 91.1 Å². The number of benzene rings is 3. The highest BCUT2D eigenvalue weighted by Gasteiger charge is 2.42. The van der Waals surface area contributed by atoms with Gasteiger partial charge in [-0.3, -0.25) is 15.1 Å². The van der Waals surface area contributed by atoms with Crippen molar-refractivity contribution in [1.82, 2.24) is 14.9 Å². The number of nitro groups is 1. The Morgan fingerprint density at radius 2 is 1.65 bits per heavy atom. The number of nitrogens with one attached hydrogen (secondary N) is 1. The Morgan fingerprint density at radius 1 is 0.900 bits per heavy atom. The predicted molar refractivity (Wildman–Crippen MR) is 165 cm³/mol. The summed E-state index contributed by atoms with van der Waals surface area (Å²) in [4.78, 5) is 19.3. The van der Waals surface area contributed by atoms with E-state index >= 15 is 0 Å². The fraction of sp³-hybridized carbons (Fsp3) is 0.0667. The molecule has 7 nitrogen and oxygen atoms in total. The van der Waals surface area contributed by atoms with E-state index in [0.717, 1.165) is 37.0 Å². The summed E-state index contributed by atoms with van der Waals surface area (Å²) in [5.41, 5.74) is 4.06. The van der Waals surface area contributed by atoms with Crippen molar-refractivity contribution in [2.45, 2.75) is 21.9 Å². The van der Waals surface area contributed by atoms with Gasteiger partial charge < -0.3 is 14.8 Å². The van der Waals surface area contributed by atoms with E-state index in [0.29, 0.717) is 5.11 Å². The first-order valence-corrected chi connectivity index (χ1v) is 14.5. The molecule has 2 aromatic heterocycles. The van der Waals surface area contributed by atoms with Crippen molar-refractivity contribution >= 4 is 56.4 Å². The fourth-order valence-electron chi connectivity index (χ4n) is 4.88. The molecule has 1 aliphatic rings. The molecule has 0 radical (unpaired) electrons. The molecule has 40 heavy (non-hydrogen) atoms. The van der Waals surface area contributed by atoms with E-state index in [1.807, 2.05) is 42.5 Å². The summed E-state index contributed by atoms with van der Waals surface area (Å²) in [6.07, 6.45) is 3.87. The van der Waals surface area contributed by atoms with Crippen molar-refractivity contribution in [2.24, 2.45) is 0 Å². The Bertz CT molecular complexity index is 1680. The van der Waals surface area contributed by atoms with Gasteiger partial charge in [0.05, 0.1) is 16.7 Å². The number of aromatic nitrogens is 2. The lowest BCUT2D eigenvalue weighted by Gasteiger charge is -2.29. The SMILES string of the molecule is O=[N+]([O-])c1ccc(Sc2ccc(N3C(=S)N[C@H](c4ccccn4)[C@H]3c3cccn3-c3cccc(Br)c3)cc2)cc1. The van der Waals surface area contributed by atoms with Gasteiger partial charge in [0.1, 0.15) is 6.04 Å². The molecule has 5 aromatic rings. The number of anilines is 1. The molecule has 0 aliphatic carbocycles. The molecule has 0 saturated carbocycles. The van der Waals surface area contributed by atoms with Crippen LogP contribution in [-0.2, 0) is 0 Å². The lowest BCUT2D eigenvalue weighted by Crippen LogP contribution is -2.30. The van der Waals surface area contributed by atoms with Gasteiger partial charge in [0.2, 0.25) is 0 Å². The highest BCUT2D eigenvalue weighted by atomic mass is 79.9. The molecule has 0 amide bonds. The summed E-state index contributed by atoms with van der Waals surface area (Å²) in [5.74, 6) is 0. The van der Waals surface area contributed by atoms with Crippen molar-refractivity contribution in [3.8, 4) is 5.69 Å². The van der Waals surface area contributed by atoms with Crippen molar-refractivity contribution in [3.05, 3.63) is 141 Å². The van der Waals surface area contributed by atoms with Crippen LogP contribution in [0.1, 0.15) is 23.5 Å². The molecule has 0 unspecified atom stereocenters. The highest BCUT2D eigenvalue weighted by molar-refractivity contribution is 9.10. The number of nitrogens with zero attached hydrogens (tertiary/aromatic N) is 4. The first-order chi connectivity index (χ1) is 19.5. The zero-order chi connectivity index (χ0) is 27.6. The molecular weight excluding hydrogens is 606 g/mol. The number of pyridine rings is 1. The Hall–Kier alpha value is -3.99. The summed E-state index contributed by atoms with van der Waals surface area (Å²) in [6, 6.07) is 32.8. The zero-order valence-corrected chi connectivity index (χ0v) is 24.1. The van der Waals surface area contributed by atoms with E-state index in [-0.39, 0.29) is 17.8 Å². The molecule has 1 N–H and O–H groups in total. The minimum atomic E-state index is -0.391. The van der Waals surface area contributed by atoms with Crippen LogP contribution in [0.5, 0.6) is 0 Å². The minimum Gasteiger partial charge on any atom is -0.351 e. The van der Waals surface area contributed by atoms with Crippen molar-refractivity contribution in [3.63, 3.8) is 0 Å². The standard InChI is InChI=1S/C30H22BrN5O2S2/c31-20-5-3-6-23(19-20)34-18-4-8-27(34)29-28(26-7-1-2-17-32-26)33-30(39)35(29)21-9-13-24(14-10-21)40-25-15-11-22(12-16-25)36(37)38/h1-19,28-29H,(H,33,39)/t28-,29-/m1/s1. The van der Waals surface area contributed by atoms with Gasteiger partial charge in [0, 0.05) is 55.9 Å². The van der Waals surface area contributed by atoms with Gasteiger partial charge in [-0.1, -0.05) is 39.8 Å². The Kier molecular flexibility index (Phi) is 7.38. The molecule has 1 fully saturated rings. The second-order valence-corrected chi connectivity index (χ2v) is 11.6. The average Bonchev–Trinajstić information content (AvgIpc) is 3.59. The van der Waals surface area contributed by atoms with Gasteiger partial charge in [0.25, 0.3) is 5.69 Å². The average molecular weight is 629 g/mol. The molecule has 1 aliphatic heterocycles. The van der Waals surface area contributed by atoms with Crippen LogP contribution in [0, 0.1) is 10.1 Å². The third-order valence-electron chi connectivity index (χ3n) is 6.67. The van der Waals surface area contributed by atoms with Gasteiger partial charge in [-0.2, -0.15) is 0 Å². The van der Waals surface area contributed by atoms with Crippen LogP contribution in [0.4, 0.5) is 11.4 Å². The molecular formula is C30H22BrN5O2S2. The smallest absolute Gasteiger partial charge is 0.269 e. The van der Waals surface area contributed by atoms with Crippen molar-refractivity contribution in [1.29, 1.82) is 0 Å². The van der Waals surface area contributed by atoms with Gasteiger partial charge in [0.15, 0.2) is 5.11 Å². The monoisotopic (exact) mass is 627 g/mol. The van der Waals surface area contributed by atoms with E-state index in [4.69, 9.17) is 12.2 Å². The summed E-state index contributed by atoms with van der Waals surface area (Å²) >= 11 is 11.1. The maximum atomic E-state index is 11.0. The van der Waals surface area contributed by atoms with E-state index in [1.54, 1.807) is 30.1 Å². The van der Waals surface area contributed by atoms with Crippen molar-refractivity contribution in [2.75, 3.05) is 4.90 Å². The van der Waals surface area contributed by atoms with Gasteiger partial charge in [-0.25, -0.2) is 0 Å². The molecule has 0 bridgehead atoms. The molecule has 10 heteroatoms. The van der Waals surface area contributed by atoms with E-state index in [1.165, 1.54) is 12.1 Å². The molecule has 6 rings (SSSR count). The van der Waals surface area contributed by atoms with Gasteiger partial charge in [-0.15, -0.1) is 0 Å². The number of halogens is 1. The number of thiocarbonyl (C=S) groups is 1. The Morgan fingerprint density at radius 3 is 2.33 bits per heavy atom. The second kappa shape index (κ2) is 11.2. The molecule has 3 heterocycles. The lowest BCUT2D eigenvalue weighted by molar-refractivity contribution is -0.384. The Labute approximate surface area is 249 Å². The van der Waals surface area contributed by atoms with Gasteiger partial charge >= 0.3 is 0 Å². The van der Waals surface area contributed by atoms with E-state index < -0.39 is 4.92 Å². The first kappa shape index (κ1) is 26.2. The quantitative estimate of drug-likeness (QED) is 0.112. The largest absolute Gasteiger partial charge is 0.351 e. The van der Waals surface area contributed by atoms with Crippen LogP contribution in [0.25, 0.3) is 5.69 Å². The molecule has 198 valence electrons. The third kappa shape index (κ3) is 5.25. The summed E-state index contributed by atoms with van der Waals surface area (Å²) in [5, 5.41) is 15.1. The predicted octanol–water partition coefficient (Wildman–Crippen LogP) is 7.87. The van der Waals surface area contributed by atoms with Crippen LogP contribution in [0.2, 0.25) is 0 Å². The summed E-state index contributed by atoms with van der Waals surface area (Å²) < 4.78 is 3.19. The second-order valence-electron chi connectivity index (χ2n) is 9.13. The van der Waals surface area contributed by atoms with Crippen LogP contribution < -0.4 is 10.2 Å². The molecule has 1 saturated heterocycles. The number of non-ortho nitro benzene ring substituents is 1. The van der Waals surface area contributed by atoms with Crippen LogP contribution in [0.15, 0.2) is 130 Å². The van der Waals surface area contributed by atoms with E-state index in [9.17, 15) is 10.1 Å². The van der Waals surface area contributed by atoms with E-state index in [2.05, 4.69) is 78.3 Å². The third-order valence-corrected chi connectivity index (χ3v) is 8.49. The molecule has 3 aromatic carbocycles. The highest BCUT2D eigenvalue weighted by Crippen LogP contribution is 2.43. The van der Waals surface area contributed by atoms with Crippen LogP contribution in [-0.4, -0.2) is 19.6 Å². The number of hydrogen-bond acceptors (Lipinski definition) is 5. The number of hydrogen-bond donors (Lipinski definition) is 1. The first-order valence-electron chi connectivity index (χ1n) is 12.4. The summed E-state index contributed by atoms with van der Waals surface area (Å²) in [6.45, 7) is 0. The molecule has 2 atom stereocenters.